The number of carbonyl (C=O) groups excluding carboxylic acids is 1. The average molecular weight is 603 g/mol. The number of aromatic nitrogens is 4. The topological polar surface area (TPSA) is 106 Å². The van der Waals surface area contributed by atoms with Gasteiger partial charge >= 0.3 is 12.4 Å². The Bertz CT molecular complexity index is 1390. The Labute approximate surface area is 219 Å². The number of hydrogen-bond donors (Lipinski definition) is 1. The lowest BCUT2D eigenvalue weighted by atomic mass is 9.93. The molecule has 4 rings (SSSR count). The predicted octanol–water partition coefficient (Wildman–Crippen LogP) is 5.43. The quantitative estimate of drug-likeness (QED) is 0.361. The number of nitrogens with one attached hydrogen (secondary N) is 1. The van der Waals surface area contributed by atoms with E-state index in [1.807, 2.05) is 6.07 Å². The standard InChI is InChI=1S/C23H17BrF6N6O2/c1-12(18-34-20(24)35-36(18)17-3-2-16(9-32-17)38-11-22(25,26)27)33-19(37)13-6-14(21(10-31)4-5-21)8-15(7-13)23(28,29)30/h2-3,6-9,12H,4-5,11H2,1H3,(H,33,37). The Kier molecular flexibility index (Phi) is 7.13. The summed E-state index contributed by atoms with van der Waals surface area (Å²) in [4.78, 5) is 21.2. The van der Waals surface area contributed by atoms with Gasteiger partial charge in [0.2, 0.25) is 4.73 Å². The minimum absolute atomic E-state index is 0.0962. The van der Waals surface area contributed by atoms with Crippen molar-refractivity contribution in [2.75, 3.05) is 6.61 Å². The summed E-state index contributed by atoms with van der Waals surface area (Å²) in [5, 5.41) is 16.1. The van der Waals surface area contributed by atoms with Crippen molar-refractivity contribution in [3.63, 3.8) is 0 Å². The van der Waals surface area contributed by atoms with Crippen molar-refractivity contribution in [1.82, 2.24) is 25.1 Å². The van der Waals surface area contributed by atoms with Gasteiger partial charge in [0, 0.05) is 5.56 Å². The zero-order valence-electron chi connectivity index (χ0n) is 19.4. The number of nitriles is 1. The van der Waals surface area contributed by atoms with Gasteiger partial charge < -0.3 is 10.1 Å². The maximum Gasteiger partial charge on any atom is 0.422 e. The number of ether oxygens (including phenoxy) is 1. The van der Waals surface area contributed by atoms with Crippen LogP contribution in [0.25, 0.3) is 5.82 Å². The minimum atomic E-state index is -4.73. The van der Waals surface area contributed by atoms with Crippen LogP contribution in [0, 0.1) is 11.3 Å². The highest BCUT2D eigenvalue weighted by atomic mass is 79.9. The van der Waals surface area contributed by atoms with Crippen LogP contribution in [0.2, 0.25) is 0 Å². The van der Waals surface area contributed by atoms with Crippen molar-refractivity contribution in [3.05, 3.63) is 63.8 Å². The Morgan fingerprint density at radius 3 is 2.50 bits per heavy atom. The molecule has 0 bridgehead atoms. The van der Waals surface area contributed by atoms with Crippen LogP contribution in [-0.4, -0.2) is 38.4 Å². The van der Waals surface area contributed by atoms with Gasteiger partial charge in [0.15, 0.2) is 18.2 Å². The summed E-state index contributed by atoms with van der Waals surface area (Å²) in [7, 11) is 0. The number of benzene rings is 1. The van der Waals surface area contributed by atoms with Crippen LogP contribution in [0.3, 0.4) is 0 Å². The zero-order valence-corrected chi connectivity index (χ0v) is 20.9. The highest BCUT2D eigenvalue weighted by Crippen LogP contribution is 2.49. The second-order valence-corrected chi connectivity index (χ2v) is 9.30. The van der Waals surface area contributed by atoms with E-state index in [4.69, 9.17) is 0 Å². The molecule has 1 saturated carbocycles. The van der Waals surface area contributed by atoms with Crippen LogP contribution < -0.4 is 10.1 Å². The van der Waals surface area contributed by atoms with E-state index in [-0.39, 0.29) is 33.3 Å². The maximum atomic E-state index is 13.5. The summed E-state index contributed by atoms with van der Waals surface area (Å²) in [5.41, 5.74) is -2.25. The van der Waals surface area contributed by atoms with Crippen LogP contribution in [0.15, 0.2) is 41.3 Å². The maximum absolute atomic E-state index is 13.5. The molecule has 0 saturated heterocycles. The van der Waals surface area contributed by atoms with Crippen LogP contribution >= 0.6 is 15.9 Å². The highest BCUT2D eigenvalue weighted by Gasteiger charge is 2.46. The van der Waals surface area contributed by atoms with Gasteiger partial charge in [-0.2, -0.15) is 36.3 Å². The number of pyridine rings is 1. The monoisotopic (exact) mass is 602 g/mol. The van der Waals surface area contributed by atoms with Gasteiger partial charge in [-0.05, 0) is 71.6 Å². The lowest BCUT2D eigenvalue weighted by Gasteiger charge is -2.17. The molecule has 1 amide bonds. The first kappa shape index (κ1) is 27.4. The van der Waals surface area contributed by atoms with E-state index >= 15 is 0 Å². The summed E-state index contributed by atoms with van der Waals surface area (Å²) in [5.74, 6) is -0.721. The first-order valence-electron chi connectivity index (χ1n) is 10.9. The molecule has 0 radical (unpaired) electrons. The molecular formula is C23H17BrF6N6O2. The number of alkyl halides is 6. The molecule has 1 aliphatic rings. The third-order valence-electron chi connectivity index (χ3n) is 5.72. The second-order valence-electron chi connectivity index (χ2n) is 8.59. The van der Waals surface area contributed by atoms with E-state index in [0.717, 1.165) is 12.3 Å². The minimum Gasteiger partial charge on any atom is -0.483 e. The number of carbonyl (C=O) groups is 1. The van der Waals surface area contributed by atoms with Crippen molar-refractivity contribution < 1.29 is 35.9 Å². The molecule has 1 aromatic carbocycles. The zero-order chi connectivity index (χ0) is 27.9. The third kappa shape index (κ3) is 6.07. The number of nitrogens with zero attached hydrogens (tertiary/aromatic N) is 5. The average Bonchev–Trinajstić information content (AvgIpc) is 3.56. The molecular weight excluding hydrogens is 586 g/mol. The largest absolute Gasteiger partial charge is 0.483 e. The fourth-order valence-corrected chi connectivity index (χ4v) is 3.97. The van der Waals surface area contributed by atoms with Gasteiger partial charge in [0.25, 0.3) is 5.91 Å². The van der Waals surface area contributed by atoms with Crippen LogP contribution in [0.1, 0.15) is 53.1 Å². The molecule has 0 spiro atoms. The van der Waals surface area contributed by atoms with E-state index in [2.05, 4.69) is 41.1 Å². The van der Waals surface area contributed by atoms with Gasteiger partial charge in [-0.1, -0.05) is 0 Å². The third-order valence-corrected chi connectivity index (χ3v) is 6.06. The second kappa shape index (κ2) is 9.90. The van der Waals surface area contributed by atoms with E-state index in [1.54, 1.807) is 0 Å². The van der Waals surface area contributed by atoms with Gasteiger partial charge in [-0.15, -0.1) is 5.10 Å². The number of rotatable bonds is 7. The molecule has 38 heavy (non-hydrogen) atoms. The van der Waals surface area contributed by atoms with E-state index in [0.29, 0.717) is 18.9 Å². The van der Waals surface area contributed by atoms with Crippen LogP contribution in [0.4, 0.5) is 26.3 Å². The Balaban J connectivity index is 1.57. The van der Waals surface area contributed by atoms with E-state index < -0.39 is 41.9 Å². The van der Waals surface area contributed by atoms with Crippen molar-refractivity contribution in [2.45, 2.75) is 43.6 Å². The molecule has 2 aromatic heterocycles. The number of halogens is 7. The smallest absolute Gasteiger partial charge is 0.422 e. The molecule has 1 atom stereocenters. The fourth-order valence-electron chi connectivity index (χ4n) is 3.63. The molecule has 1 aliphatic carbocycles. The Morgan fingerprint density at radius 2 is 1.95 bits per heavy atom. The molecule has 1 N–H and O–H groups in total. The molecule has 1 unspecified atom stereocenters. The summed E-state index contributed by atoms with van der Waals surface area (Å²) in [6.45, 7) is 0.0157. The van der Waals surface area contributed by atoms with Gasteiger partial charge in [-0.25, -0.2) is 9.97 Å². The predicted molar refractivity (Wildman–Crippen MR) is 122 cm³/mol. The van der Waals surface area contributed by atoms with Crippen molar-refractivity contribution in [3.8, 4) is 17.6 Å². The molecule has 3 aromatic rings. The molecule has 15 heteroatoms. The Morgan fingerprint density at radius 1 is 1.24 bits per heavy atom. The summed E-state index contributed by atoms with van der Waals surface area (Å²) in [6, 6.07) is 6.56. The lowest BCUT2D eigenvalue weighted by Crippen LogP contribution is -2.29. The normalized spacial score (nSPS) is 15.4. The van der Waals surface area contributed by atoms with Crippen LogP contribution in [-0.2, 0) is 11.6 Å². The molecule has 200 valence electrons. The van der Waals surface area contributed by atoms with E-state index in [1.165, 1.54) is 29.8 Å². The first-order valence-corrected chi connectivity index (χ1v) is 11.7. The summed E-state index contributed by atoms with van der Waals surface area (Å²) < 4.78 is 83.6. The lowest BCUT2D eigenvalue weighted by molar-refractivity contribution is -0.153. The molecule has 0 aliphatic heterocycles. The first-order chi connectivity index (χ1) is 17.7. The van der Waals surface area contributed by atoms with Crippen molar-refractivity contribution >= 4 is 21.8 Å². The summed E-state index contributed by atoms with van der Waals surface area (Å²) >= 11 is 3.11. The van der Waals surface area contributed by atoms with Gasteiger partial charge in [-0.3, -0.25) is 4.79 Å². The Hall–Kier alpha value is -3.67. The number of hydrogen-bond acceptors (Lipinski definition) is 6. The number of amides is 1. The van der Waals surface area contributed by atoms with E-state index in [9.17, 15) is 36.4 Å². The molecule has 8 nitrogen and oxygen atoms in total. The van der Waals surface area contributed by atoms with Gasteiger partial charge in [0.1, 0.15) is 5.75 Å². The fraction of sp³-hybridized carbons (Fsp3) is 0.348. The van der Waals surface area contributed by atoms with Crippen molar-refractivity contribution in [2.24, 2.45) is 0 Å². The highest BCUT2D eigenvalue weighted by molar-refractivity contribution is 9.10. The van der Waals surface area contributed by atoms with Gasteiger partial charge in [0.05, 0.1) is 29.3 Å². The van der Waals surface area contributed by atoms with Crippen LogP contribution in [0.5, 0.6) is 5.75 Å². The SMILES string of the molecule is CC(NC(=O)c1cc(C(F)(F)F)cc(C2(C#N)CC2)c1)c1nc(Br)nn1-c1ccc(OCC(F)(F)F)cn1. The molecule has 2 heterocycles. The van der Waals surface area contributed by atoms with Crippen molar-refractivity contribution in [1.29, 1.82) is 5.26 Å². The molecule has 1 fully saturated rings. The summed E-state index contributed by atoms with van der Waals surface area (Å²) in [6.07, 6.45) is -7.41.